The summed E-state index contributed by atoms with van der Waals surface area (Å²) >= 11 is 0. The van der Waals surface area contributed by atoms with Gasteiger partial charge in [-0.05, 0) is 43.8 Å². The predicted octanol–water partition coefficient (Wildman–Crippen LogP) is 4.15. The van der Waals surface area contributed by atoms with Gasteiger partial charge in [-0.25, -0.2) is 0 Å². The zero-order valence-corrected chi connectivity index (χ0v) is 14.0. The highest BCUT2D eigenvalue weighted by Gasteiger charge is 2.42. The minimum absolute atomic E-state index is 0.249. The Kier molecular flexibility index (Phi) is 5.83. The van der Waals surface area contributed by atoms with Crippen molar-refractivity contribution in [2.45, 2.75) is 64.5 Å². The zero-order chi connectivity index (χ0) is 15.3. The van der Waals surface area contributed by atoms with Crippen LogP contribution in [0.2, 0.25) is 0 Å². The minimum atomic E-state index is -0.249. The Hall–Kier alpha value is -0.860. The molecule has 0 aromatic heterocycles. The highest BCUT2D eigenvalue weighted by Crippen LogP contribution is 2.37. The van der Waals surface area contributed by atoms with E-state index in [4.69, 9.17) is 5.73 Å². The Morgan fingerprint density at radius 1 is 1.14 bits per heavy atom. The van der Waals surface area contributed by atoms with Crippen molar-refractivity contribution in [3.8, 4) is 0 Å². The van der Waals surface area contributed by atoms with E-state index >= 15 is 0 Å². The minimum Gasteiger partial charge on any atom is -0.320 e. The summed E-state index contributed by atoms with van der Waals surface area (Å²) in [5, 5.41) is 0. The second kappa shape index (κ2) is 7.42. The lowest BCUT2D eigenvalue weighted by atomic mass is 9.73. The second-order valence-corrected chi connectivity index (χ2v) is 6.85. The molecule has 0 aliphatic carbocycles. The number of unbranched alkanes of at least 4 members (excludes halogenated alkanes) is 1. The van der Waals surface area contributed by atoms with Crippen molar-refractivity contribution in [3.63, 3.8) is 0 Å². The standard InChI is InChI=1S/C19H32N2/c1-4-5-13-18(21-14-9-10-15-21)19(20,16(2)3)17-11-7-6-8-12-17/h6-8,11-12,16,18H,4-5,9-10,13-15,20H2,1-3H3. The van der Waals surface area contributed by atoms with E-state index in [2.05, 4.69) is 56.0 Å². The quantitative estimate of drug-likeness (QED) is 0.816. The van der Waals surface area contributed by atoms with Crippen molar-refractivity contribution in [2.24, 2.45) is 11.7 Å². The normalized spacial score (nSPS) is 20.6. The van der Waals surface area contributed by atoms with Gasteiger partial charge in [0.05, 0.1) is 5.54 Å². The summed E-state index contributed by atoms with van der Waals surface area (Å²) in [6.07, 6.45) is 6.37. The topological polar surface area (TPSA) is 29.3 Å². The van der Waals surface area contributed by atoms with E-state index in [9.17, 15) is 0 Å². The van der Waals surface area contributed by atoms with Gasteiger partial charge in [0.15, 0.2) is 0 Å². The first-order valence-electron chi connectivity index (χ1n) is 8.69. The Morgan fingerprint density at radius 3 is 2.29 bits per heavy atom. The van der Waals surface area contributed by atoms with Gasteiger partial charge in [-0.1, -0.05) is 63.9 Å². The lowest BCUT2D eigenvalue weighted by Crippen LogP contribution is -2.58. The average Bonchev–Trinajstić information content (AvgIpc) is 3.02. The van der Waals surface area contributed by atoms with Crippen LogP contribution >= 0.6 is 0 Å². The molecule has 2 nitrogen and oxygen atoms in total. The first-order chi connectivity index (χ1) is 10.1. The first kappa shape index (κ1) is 16.5. The van der Waals surface area contributed by atoms with Crippen LogP contribution < -0.4 is 5.73 Å². The number of nitrogens with two attached hydrogens (primary N) is 1. The van der Waals surface area contributed by atoms with E-state index in [-0.39, 0.29) is 5.54 Å². The smallest absolute Gasteiger partial charge is 0.0590 e. The Morgan fingerprint density at radius 2 is 1.76 bits per heavy atom. The summed E-state index contributed by atoms with van der Waals surface area (Å²) in [5.74, 6) is 0.433. The largest absolute Gasteiger partial charge is 0.320 e. The summed E-state index contributed by atoms with van der Waals surface area (Å²) in [7, 11) is 0. The Balaban J connectivity index is 2.35. The second-order valence-electron chi connectivity index (χ2n) is 6.85. The molecule has 1 aromatic rings. The van der Waals surface area contributed by atoms with E-state index in [0.29, 0.717) is 12.0 Å². The maximum atomic E-state index is 7.09. The molecule has 1 aliphatic rings. The molecule has 1 aromatic carbocycles. The number of hydrogen-bond donors (Lipinski definition) is 1. The van der Waals surface area contributed by atoms with Gasteiger partial charge in [-0.3, -0.25) is 4.90 Å². The fraction of sp³-hybridized carbons (Fsp3) is 0.684. The molecule has 0 radical (unpaired) electrons. The van der Waals surface area contributed by atoms with Gasteiger partial charge >= 0.3 is 0 Å². The number of nitrogens with zero attached hydrogens (tertiary/aromatic N) is 1. The lowest BCUT2D eigenvalue weighted by Gasteiger charge is -2.46. The van der Waals surface area contributed by atoms with E-state index in [1.807, 2.05) is 0 Å². The Labute approximate surface area is 130 Å². The highest BCUT2D eigenvalue weighted by atomic mass is 15.2. The summed E-state index contributed by atoms with van der Waals surface area (Å²) in [5.41, 5.74) is 8.14. The van der Waals surface area contributed by atoms with Gasteiger partial charge in [0, 0.05) is 6.04 Å². The number of rotatable bonds is 7. The molecular formula is C19H32N2. The van der Waals surface area contributed by atoms with Gasteiger partial charge < -0.3 is 5.73 Å². The summed E-state index contributed by atoms with van der Waals surface area (Å²) in [4.78, 5) is 2.66. The maximum Gasteiger partial charge on any atom is 0.0590 e. The van der Waals surface area contributed by atoms with E-state index in [0.717, 1.165) is 0 Å². The van der Waals surface area contributed by atoms with Crippen LogP contribution in [0, 0.1) is 5.92 Å². The van der Waals surface area contributed by atoms with Crippen LogP contribution in [0.1, 0.15) is 58.4 Å². The van der Waals surface area contributed by atoms with Gasteiger partial charge in [0.25, 0.3) is 0 Å². The van der Waals surface area contributed by atoms with Gasteiger partial charge in [-0.2, -0.15) is 0 Å². The third-order valence-electron chi connectivity index (χ3n) is 5.19. The molecule has 0 spiro atoms. The molecule has 2 heteroatoms. The van der Waals surface area contributed by atoms with E-state index in [1.54, 1.807) is 0 Å². The summed E-state index contributed by atoms with van der Waals surface area (Å²) < 4.78 is 0. The van der Waals surface area contributed by atoms with Crippen molar-refractivity contribution in [1.29, 1.82) is 0 Å². The molecule has 0 amide bonds. The van der Waals surface area contributed by atoms with Crippen LogP contribution in [0.15, 0.2) is 30.3 Å². The van der Waals surface area contributed by atoms with Crippen LogP contribution in [0.3, 0.4) is 0 Å². The van der Waals surface area contributed by atoms with Gasteiger partial charge in [-0.15, -0.1) is 0 Å². The number of hydrogen-bond acceptors (Lipinski definition) is 2. The van der Waals surface area contributed by atoms with Gasteiger partial charge in [0.1, 0.15) is 0 Å². The van der Waals surface area contributed by atoms with Crippen LogP contribution in [-0.4, -0.2) is 24.0 Å². The van der Waals surface area contributed by atoms with Gasteiger partial charge in [0.2, 0.25) is 0 Å². The van der Waals surface area contributed by atoms with Crippen molar-refractivity contribution < 1.29 is 0 Å². The SMILES string of the molecule is CCCCC(N1CCCC1)C(N)(c1ccccc1)C(C)C. The highest BCUT2D eigenvalue weighted by molar-refractivity contribution is 5.27. The summed E-state index contributed by atoms with van der Waals surface area (Å²) in [6, 6.07) is 11.2. The molecule has 0 saturated carbocycles. The lowest BCUT2D eigenvalue weighted by molar-refractivity contribution is 0.0986. The van der Waals surface area contributed by atoms with Crippen molar-refractivity contribution in [1.82, 2.24) is 4.90 Å². The molecule has 0 bridgehead atoms. The number of benzene rings is 1. The fourth-order valence-corrected chi connectivity index (χ4v) is 3.81. The maximum absolute atomic E-state index is 7.09. The number of likely N-dealkylation sites (tertiary alicyclic amines) is 1. The van der Waals surface area contributed by atoms with E-state index < -0.39 is 0 Å². The first-order valence-corrected chi connectivity index (χ1v) is 8.69. The Bertz CT molecular complexity index is 409. The molecule has 2 rings (SSSR count). The molecule has 21 heavy (non-hydrogen) atoms. The average molecular weight is 288 g/mol. The molecule has 2 atom stereocenters. The molecule has 2 N–H and O–H groups in total. The van der Waals surface area contributed by atoms with Crippen LogP contribution in [0.5, 0.6) is 0 Å². The van der Waals surface area contributed by atoms with Crippen molar-refractivity contribution >= 4 is 0 Å². The van der Waals surface area contributed by atoms with Crippen LogP contribution in [0.25, 0.3) is 0 Å². The molecular weight excluding hydrogens is 256 g/mol. The molecule has 2 unspecified atom stereocenters. The van der Waals surface area contributed by atoms with Crippen LogP contribution in [-0.2, 0) is 5.54 Å². The van der Waals surface area contributed by atoms with Crippen LogP contribution in [0.4, 0.5) is 0 Å². The molecule has 1 aliphatic heterocycles. The molecule has 118 valence electrons. The van der Waals surface area contributed by atoms with Crippen molar-refractivity contribution in [3.05, 3.63) is 35.9 Å². The predicted molar refractivity (Wildman–Crippen MR) is 91.3 cm³/mol. The molecule has 1 fully saturated rings. The third-order valence-corrected chi connectivity index (χ3v) is 5.19. The third kappa shape index (κ3) is 3.49. The zero-order valence-electron chi connectivity index (χ0n) is 14.0. The van der Waals surface area contributed by atoms with E-state index in [1.165, 1.54) is 50.8 Å². The fourth-order valence-electron chi connectivity index (χ4n) is 3.81. The van der Waals surface area contributed by atoms with Crippen molar-refractivity contribution in [2.75, 3.05) is 13.1 Å². The summed E-state index contributed by atoms with van der Waals surface area (Å²) in [6.45, 7) is 9.26. The monoisotopic (exact) mass is 288 g/mol. The molecule has 1 saturated heterocycles. The molecule has 1 heterocycles.